The maximum atomic E-state index is 12.8. The minimum atomic E-state index is -3.66. The van der Waals surface area contributed by atoms with E-state index in [0.29, 0.717) is 10.6 Å². The third-order valence-electron chi connectivity index (χ3n) is 4.69. The van der Waals surface area contributed by atoms with Gasteiger partial charge in [-0.1, -0.05) is 30.3 Å². The van der Waals surface area contributed by atoms with Crippen molar-refractivity contribution in [3.8, 4) is 0 Å². The molecule has 1 amide bonds. The molecule has 3 aromatic rings. The van der Waals surface area contributed by atoms with Gasteiger partial charge in [0.1, 0.15) is 0 Å². The van der Waals surface area contributed by atoms with Crippen LogP contribution in [0.25, 0.3) is 0 Å². The highest BCUT2D eigenvalue weighted by molar-refractivity contribution is 7.89. The molecular formula is C23H24N2O4S2. The lowest BCUT2D eigenvalue weighted by Crippen LogP contribution is -2.26. The zero-order chi connectivity index (χ0) is 22.4. The first-order valence-corrected chi connectivity index (χ1v) is 12.0. The van der Waals surface area contributed by atoms with Gasteiger partial charge in [-0.3, -0.25) is 9.59 Å². The van der Waals surface area contributed by atoms with Crippen LogP contribution in [0, 0.1) is 6.92 Å². The second-order valence-electron chi connectivity index (χ2n) is 7.15. The molecule has 0 radical (unpaired) electrons. The second kappa shape index (κ2) is 10.00. The SMILES string of the molecule is Cc1ccc(C(=O)CCC(=O)Nc2ccc(S(=O)(=O)N(C)Cc3ccccc3)cc2)s1. The molecule has 0 bridgehead atoms. The number of ketones is 1. The maximum Gasteiger partial charge on any atom is 0.243 e. The second-order valence-corrected chi connectivity index (χ2v) is 10.5. The highest BCUT2D eigenvalue weighted by Gasteiger charge is 2.21. The van der Waals surface area contributed by atoms with Crippen LogP contribution in [-0.4, -0.2) is 31.5 Å². The van der Waals surface area contributed by atoms with E-state index < -0.39 is 10.0 Å². The number of nitrogens with zero attached hydrogens (tertiary/aromatic N) is 1. The topological polar surface area (TPSA) is 83.5 Å². The highest BCUT2D eigenvalue weighted by Crippen LogP contribution is 2.20. The van der Waals surface area contributed by atoms with Crippen molar-refractivity contribution in [1.82, 2.24) is 4.31 Å². The van der Waals surface area contributed by atoms with Gasteiger partial charge in [0.15, 0.2) is 5.78 Å². The van der Waals surface area contributed by atoms with E-state index in [1.54, 1.807) is 18.2 Å². The quantitative estimate of drug-likeness (QED) is 0.481. The number of nitrogens with one attached hydrogen (secondary N) is 1. The van der Waals surface area contributed by atoms with Gasteiger partial charge < -0.3 is 5.32 Å². The maximum absolute atomic E-state index is 12.8. The monoisotopic (exact) mass is 456 g/mol. The summed E-state index contributed by atoms with van der Waals surface area (Å²) in [5, 5.41) is 2.71. The van der Waals surface area contributed by atoms with E-state index in [1.807, 2.05) is 43.3 Å². The van der Waals surface area contributed by atoms with Gasteiger partial charge in [0.25, 0.3) is 0 Å². The minimum absolute atomic E-state index is 0.0591. The van der Waals surface area contributed by atoms with E-state index in [2.05, 4.69) is 5.32 Å². The van der Waals surface area contributed by atoms with Gasteiger partial charge in [0, 0.05) is 37.0 Å². The lowest BCUT2D eigenvalue weighted by molar-refractivity contribution is -0.116. The summed E-state index contributed by atoms with van der Waals surface area (Å²) in [6.07, 6.45) is 0.193. The molecule has 6 nitrogen and oxygen atoms in total. The van der Waals surface area contributed by atoms with Crippen LogP contribution in [0.3, 0.4) is 0 Å². The van der Waals surface area contributed by atoms with Gasteiger partial charge in [0.2, 0.25) is 15.9 Å². The number of hydrogen-bond donors (Lipinski definition) is 1. The molecule has 0 saturated heterocycles. The smallest absolute Gasteiger partial charge is 0.243 e. The summed E-state index contributed by atoms with van der Waals surface area (Å²) in [6, 6.07) is 19.0. The van der Waals surface area contributed by atoms with Gasteiger partial charge in [-0.05, 0) is 48.9 Å². The van der Waals surface area contributed by atoms with Crippen LogP contribution >= 0.6 is 11.3 Å². The Morgan fingerprint density at radius 1 is 0.935 bits per heavy atom. The Bertz CT molecular complexity index is 1150. The van der Waals surface area contributed by atoms with E-state index in [9.17, 15) is 18.0 Å². The molecule has 1 N–H and O–H groups in total. The number of aryl methyl sites for hydroxylation is 1. The van der Waals surface area contributed by atoms with Crippen molar-refractivity contribution in [2.24, 2.45) is 0 Å². The van der Waals surface area contributed by atoms with Crippen LogP contribution in [0.1, 0.15) is 33.0 Å². The number of anilines is 1. The van der Waals surface area contributed by atoms with Gasteiger partial charge in [-0.2, -0.15) is 4.31 Å². The average Bonchev–Trinajstić information content (AvgIpc) is 3.19. The molecule has 8 heteroatoms. The lowest BCUT2D eigenvalue weighted by Gasteiger charge is -2.17. The minimum Gasteiger partial charge on any atom is -0.326 e. The number of benzene rings is 2. The first-order chi connectivity index (χ1) is 14.8. The number of carbonyl (C=O) groups excluding carboxylic acids is 2. The summed E-state index contributed by atoms with van der Waals surface area (Å²) in [5.41, 5.74) is 1.37. The van der Waals surface area contributed by atoms with E-state index in [-0.39, 0.29) is 36.0 Å². The molecule has 0 saturated carbocycles. The summed E-state index contributed by atoms with van der Waals surface area (Å²) in [4.78, 5) is 26.1. The van der Waals surface area contributed by atoms with Crippen molar-refractivity contribution in [2.45, 2.75) is 31.2 Å². The normalized spacial score (nSPS) is 11.5. The van der Waals surface area contributed by atoms with Crippen LogP contribution in [-0.2, 0) is 21.4 Å². The molecule has 1 heterocycles. The van der Waals surface area contributed by atoms with Gasteiger partial charge in [-0.15, -0.1) is 11.3 Å². The zero-order valence-electron chi connectivity index (χ0n) is 17.4. The predicted molar refractivity (Wildman–Crippen MR) is 123 cm³/mol. The lowest BCUT2D eigenvalue weighted by atomic mass is 10.2. The molecule has 31 heavy (non-hydrogen) atoms. The molecule has 0 spiro atoms. The average molecular weight is 457 g/mol. The molecule has 0 aliphatic rings. The first-order valence-electron chi connectivity index (χ1n) is 9.75. The molecule has 0 fully saturated rings. The van der Waals surface area contributed by atoms with Crippen molar-refractivity contribution < 1.29 is 18.0 Å². The van der Waals surface area contributed by atoms with E-state index in [0.717, 1.165) is 10.4 Å². The third kappa shape index (κ3) is 6.10. The van der Waals surface area contributed by atoms with Crippen molar-refractivity contribution in [3.63, 3.8) is 0 Å². The number of amides is 1. The molecule has 0 atom stereocenters. The molecule has 0 aliphatic carbocycles. The predicted octanol–water partition coefficient (Wildman–Crippen LogP) is 4.48. The van der Waals surface area contributed by atoms with Crippen LogP contribution in [0.15, 0.2) is 71.6 Å². The van der Waals surface area contributed by atoms with E-state index in [4.69, 9.17) is 0 Å². The van der Waals surface area contributed by atoms with Gasteiger partial charge in [-0.25, -0.2) is 8.42 Å². The van der Waals surface area contributed by atoms with Crippen LogP contribution in [0.4, 0.5) is 5.69 Å². The molecular weight excluding hydrogens is 432 g/mol. The number of carbonyl (C=O) groups is 2. The van der Waals surface area contributed by atoms with Crippen LogP contribution < -0.4 is 5.32 Å². The fourth-order valence-corrected chi connectivity index (χ4v) is 4.97. The Hall–Kier alpha value is -2.81. The van der Waals surface area contributed by atoms with E-state index >= 15 is 0 Å². The largest absolute Gasteiger partial charge is 0.326 e. The number of hydrogen-bond acceptors (Lipinski definition) is 5. The summed E-state index contributed by atoms with van der Waals surface area (Å²) in [5.74, 6) is -0.352. The van der Waals surface area contributed by atoms with Crippen molar-refractivity contribution in [1.29, 1.82) is 0 Å². The van der Waals surface area contributed by atoms with Gasteiger partial charge in [0.05, 0.1) is 9.77 Å². The Morgan fingerprint density at radius 3 is 2.23 bits per heavy atom. The summed E-state index contributed by atoms with van der Waals surface area (Å²) in [6.45, 7) is 2.19. The molecule has 1 aromatic heterocycles. The van der Waals surface area contributed by atoms with Crippen molar-refractivity contribution in [2.75, 3.05) is 12.4 Å². The molecule has 2 aromatic carbocycles. The van der Waals surface area contributed by atoms with E-state index in [1.165, 1.54) is 34.8 Å². The Balaban J connectivity index is 1.56. The van der Waals surface area contributed by atoms with Crippen molar-refractivity contribution in [3.05, 3.63) is 82.0 Å². The highest BCUT2D eigenvalue weighted by atomic mass is 32.2. The fourth-order valence-electron chi connectivity index (χ4n) is 2.97. The molecule has 162 valence electrons. The zero-order valence-corrected chi connectivity index (χ0v) is 19.0. The Kier molecular flexibility index (Phi) is 7.37. The number of sulfonamides is 1. The van der Waals surface area contributed by atoms with Crippen LogP contribution in [0.5, 0.6) is 0 Å². The standard InChI is InChI=1S/C23H24N2O4S2/c1-17-8-14-22(30-17)21(26)13-15-23(27)24-19-9-11-20(12-10-19)31(28,29)25(2)16-18-6-4-3-5-7-18/h3-12,14H,13,15-16H2,1-2H3,(H,24,27). The summed E-state index contributed by atoms with van der Waals surface area (Å²) < 4.78 is 26.9. The molecule has 0 aliphatic heterocycles. The van der Waals surface area contributed by atoms with Gasteiger partial charge >= 0.3 is 0 Å². The van der Waals surface area contributed by atoms with Crippen LogP contribution in [0.2, 0.25) is 0 Å². The summed E-state index contributed by atoms with van der Waals surface area (Å²) in [7, 11) is -2.12. The summed E-state index contributed by atoms with van der Waals surface area (Å²) >= 11 is 1.42. The molecule has 3 rings (SSSR count). The molecule has 0 unspecified atom stereocenters. The third-order valence-corrected chi connectivity index (χ3v) is 7.55. The van der Waals surface area contributed by atoms with Crippen molar-refractivity contribution >= 4 is 38.7 Å². The number of rotatable bonds is 9. The Labute approximate surface area is 186 Å². The number of Topliss-reactive ketones (excluding diaryl/α,β-unsaturated/α-hetero) is 1. The Morgan fingerprint density at radius 2 is 1.61 bits per heavy atom. The number of thiophene rings is 1. The fraction of sp³-hybridized carbons (Fsp3) is 0.217. The first kappa shape index (κ1) is 22.9.